The molecular formula is C8H9ClF3OP. The van der Waals surface area contributed by atoms with Crippen molar-refractivity contribution >= 4 is 21.6 Å². The summed E-state index contributed by atoms with van der Waals surface area (Å²) in [6.07, 6.45) is -3.89. The van der Waals surface area contributed by atoms with Gasteiger partial charge in [-0.1, -0.05) is 12.1 Å². The van der Waals surface area contributed by atoms with Gasteiger partial charge in [0.1, 0.15) is 5.75 Å². The molecule has 0 aliphatic heterocycles. The van der Waals surface area contributed by atoms with Gasteiger partial charge in [0.2, 0.25) is 0 Å². The molecule has 0 aromatic heterocycles. The molecule has 0 radical (unpaired) electrons. The summed E-state index contributed by atoms with van der Waals surface area (Å²) in [6, 6.07) is 5.78. The molecule has 1 atom stereocenters. The van der Waals surface area contributed by atoms with Gasteiger partial charge in [-0.15, -0.1) is 34.8 Å². The van der Waals surface area contributed by atoms with E-state index in [9.17, 15) is 13.2 Å². The van der Waals surface area contributed by atoms with Crippen LogP contribution >= 0.6 is 21.6 Å². The standard InChI is InChI=1S/C8H8F3OP.ClH/c9-8(10,11)12-7-3-1-6(5-13)2-4-7;/h1-4H,5,13H2;1H. The molecule has 1 rings (SSSR count). The first-order valence-electron chi connectivity index (χ1n) is 3.56. The van der Waals surface area contributed by atoms with Gasteiger partial charge in [-0.25, -0.2) is 0 Å². The van der Waals surface area contributed by atoms with Gasteiger partial charge >= 0.3 is 6.36 Å². The van der Waals surface area contributed by atoms with E-state index in [0.29, 0.717) is 6.16 Å². The molecule has 1 unspecified atom stereocenters. The third-order valence-corrected chi connectivity index (χ3v) is 1.86. The highest BCUT2D eigenvalue weighted by molar-refractivity contribution is 7.15. The van der Waals surface area contributed by atoms with Crippen LogP contribution in [0.2, 0.25) is 0 Å². The van der Waals surface area contributed by atoms with E-state index in [1.165, 1.54) is 12.1 Å². The van der Waals surface area contributed by atoms with E-state index < -0.39 is 6.36 Å². The highest BCUT2D eigenvalue weighted by Crippen LogP contribution is 2.23. The highest BCUT2D eigenvalue weighted by atomic mass is 35.5. The molecule has 1 nitrogen and oxygen atoms in total. The molecule has 0 bridgehead atoms. The molecule has 0 aliphatic carbocycles. The predicted octanol–water partition coefficient (Wildman–Crippen LogP) is 3.38. The van der Waals surface area contributed by atoms with Crippen LogP contribution in [-0.2, 0) is 6.16 Å². The molecule has 0 saturated heterocycles. The summed E-state index contributed by atoms with van der Waals surface area (Å²) >= 11 is 0. The SMILES string of the molecule is Cl.FC(F)(F)Oc1ccc(CP)cc1. The molecule has 1 aromatic rings. The van der Waals surface area contributed by atoms with Crippen molar-refractivity contribution in [3.05, 3.63) is 29.8 Å². The molecule has 0 heterocycles. The molecule has 0 amide bonds. The van der Waals surface area contributed by atoms with E-state index in [2.05, 4.69) is 14.0 Å². The number of ether oxygens (including phenoxy) is 1. The molecule has 14 heavy (non-hydrogen) atoms. The minimum Gasteiger partial charge on any atom is -0.406 e. The van der Waals surface area contributed by atoms with Crippen molar-refractivity contribution < 1.29 is 17.9 Å². The summed E-state index contributed by atoms with van der Waals surface area (Å²) in [5.41, 5.74) is 0.944. The van der Waals surface area contributed by atoms with Gasteiger partial charge in [0.15, 0.2) is 0 Å². The van der Waals surface area contributed by atoms with E-state index >= 15 is 0 Å². The quantitative estimate of drug-likeness (QED) is 0.725. The van der Waals surface area contributed by atoms with Crippen LogP contribution in [0.15, 0.2) is 24.3 Å². The van der Waals surface area contributed by atoms with Crippen molar-refractivity contribution in [2.24, 2.45) is 0 Å². The number of hydrogen-bond acceptors (Lipinski definition) is 1. The van der Waals surface area contributed by atoms with Crippen molar-refractivity contribution in [3.63, 3.8) is 0 Å². The Hall–Kier alpha value is -0.470. The summed E-state index contributed by atoms with van der Waals surface area (Å²) in [5.74, 6) is -0.185. The maximum Gasteiger partial charge on any atom is 0.573 e. The summed E-state index contributed by atoms with van der Waals surface area (Å²) in [6.45, 7) is 0. The first-order valence-corrected chi connectivity index (χ1v) is 4.37. The topological polar surface area (TPSA) is 9.23 Å². The number of hydrogen-bond donors (Lipinski definition) is 0. The molecular weight excluding hydrogens is 236 g/mol. The van der Waals surface area contributed by atoms with E-state index in [0.717, 1.165) is 5.56 Å². The van der Waals surface area contributed by atoms with Crippen LogP contribution in [0, 0.1) is 0 Å². The monoisotopic (exact) mass is 244 g/mol. The van der Waals surface area contributed by atoms with Crippen molar-refractivity contribution in [3.8, 4) is 5.75 Å². The first kappa shape index (κ1) is 13.5. The van der Waals surface area contributed by atoms with E-state index in [4.69, 9.17) is 0 Å². The Labute approximate surface area is 88.3 Å². The zero-order valence-electron chi connectivity index (χ0n) is 7.04. The van der Waals surface area contributed by atoms with E-state index in [1.807, 2.05) is 0 Å². The number of benzene rings is 1. The predicted molar refractivity (Wildman–Crippen MR) is 53.8 cm³/mol. The summed E-state index contributed by atoms with van der Waals surface area (Å²) in [5, 5.41) is 0. The Kier molecular flexibility index (Phi) is 5.24. The van der Waals surface area contributed by atoms with Crippen LogP contribution in [0.25, 0.3) is 0 Å². The summed E-state index contributed by atoms with van der Waals surface area (Å²) in [7, 11) is 2.49. The normalized spacial score (nSPS) is 10.6. The smallest absolute Gasteiger partial charge is 0.406 e. The molecule has 0 N–H and O–H groups in total. The number of rotatable bonds is 2. The number of alkyl halides is 3. The molecule has 0 fully saturated rings. The van der Waals surface area contributed by atoms with Crippen molar-refractivity contribution in [2.75, 3.05) is 0 Å². The zero-order valence-corrected chi connectivity index (χ0v) is 9.02. The van der Waals surface area contributed by atoms with Gasteiger partial charge in [-0.3, -0.25) is 0 Å². The van der Waals surface area contributed by atoms with E-state index in [1.54, 1.807) is 12.1 Å². The molecule has 80 valence electrons. The van der Waals surface area contributed by atoms with E-state index in [-0.39, 0.29) is 18.2 Å². The lowest BCUT2D eigenvalue weighted by molar-refractivity contribution is -0.274. The Morgan fingerprint density at radius 3 is 2.00 bits per heavy atom. The second kappa shape index (κ2) is 5.42. The van der Waals surface area contributed by atoms with Crippen LogP contribution in [0.4, 0.5) is 13.2 Å². The minimum absolute atomic E-state index is 0. The largest absolute Gasteiger partial charge is 0.573 e. The molecule has 0 spiro atoms. The van der Waals surface area contributed by atoms with Crippen LogP contribution < -0.4 is 4.74 Å². The second-order valence-corrected chi connectivity index (χ2v) is 2.80. The zero-order chi connectivity index (χ0) is 9.90. The molecule has 1 aromatic carbocycles. The number of halogens is 4. The Morgan fingerprint density at radius 1 is 1.14 bits per heavy atom. The minimum atomic E-state index is -4.61. The Balaban J connectivity index is 0.00000169. The highest BCUT2D eigenvalue weighted by Gasteiger charge is 2.30. The van der Waals surface area contributed by atoms with Crippen molar-refractivity contribution in [2.45, 2.75) is 12.5 Å². The third-order valence-electron chi connectivity index (χ3n) is 1.39. The maximum atomic E-state index is 11.7. The summed E-state index contributed by atoms with van der Waals surface area (Å²) < 4.78 is 38.8. The van der Waals surface area contributed by atoms with Gasteiger partial charge in [0, 0.05) is 0 Å². The van der Waals surface area contributed by atoms with Gasteiger partial charge < -0.3 is 4.74 Å². The van der Waals surface area contributed by atoms with Gasteiger partial charge in [0.25, 0.3) is 0 Å². The van der Waals surface area contributed by atoms with Crippen LogP contribution in [-0.4, -0.2) is 6.36 Å². The lowest BCUT2D eigenvalue weighted by Gasteiger charge is -2.08. The average Bonchev–Trinajstić information content (AvgIpc) is 2.03. The second-order valence-electron chi connectivity index (χ2n) is 2.40. The fraction of sp³-hybridized carbons (Fsp3) is 0.250. The Morgan fingerprint density at radius 2 is 1.64 bits per heavy atom. The van der Waals surface area contributed by atoms with Gasteiger partial charge in [-0.05, 0) is 23.9 Å². The third kappa shape index (κ3) is 4.68. The Bertz CT molecular complexity index is 273. The maximum absolute atomic E-state index is 11.7. The summed E-state index contributed by atoms with van der Waals surface area (Å²) in [4.78, 5) is 0. The lowest BCUT2D eigenvalue weighted by Crippen LogP contribution is -2.16. The van der Waals surface area contributed by atoms with Gasteiger partial charge in [0.05, 0.1) is 0 Å². The molecule has 0 saturated carbocycles. The van der Waals surface area contributed by atoms with Crippen LogP contribution in [0.1, 0.15) is 5.56 Å². The van der Waals surface area contributed by atoms with Gasteiger partial charge in [-0.2, -0.15) is 0 Å². The fourth-order valence-corrected chi connectivity index (χ4v) is 1.10. The molecule has 6 heteroatoms. The first-order chi connectivity index (χ1) is 6.01. The van der Waals surface area contributed by atoms with Crippen LogP contribution in [0.3, 0.4) is 0 Å². The van der Waals surface area contributed by atoms with Crippen molar-refractivity contribution in [1.82, 2.24) is 0 Å². The van der Waals surface area contributed by atoms with Crippen molar-refractivity contribution in [1.29, 1.82) is 0 Å². The lowest BCUT2D eigenvalue weighted by atomic mass is 10.2. The average molecular weight is 245 g/mol. The van der Waals surface area contributed by atoms with Crippen LogP contribution in [0.5, 0.6) is 5.75 Å². The molecule has 0 aliphatic rings. The fourth-order valence-electron chi connectivity index (χ4n) is 0.827.